The van der Waals surface area contributed by atoms with E-state index < -0.39 is 7.12 Å². The molecule has 0 aliphatic rings. The summed E-state index contributed by atoms with van der Waals surface area (Å²) in [6.45, 7) is 1.75. The van der Waals surface area contributed by atoms with Gasteiger partial charge < -0.3 is 10.0 Å². The fraction of sp³-hybridized carbons (Fsp3) is 0.286. The van der Waals surface area contributed by atoms with Gasteiger partial charge in [-0.05, 0) is 18.7 Å². The van der Waals surface area contributed by atoms with E-state index >= 15 is 0 Å². The fourth-order valence-corrected chi connectivity index (χ4v) is 0.824. The number of nitrogens with zero attached hydrogens (tertiary/aromatic N) is 1. The molecular formula is C7H11BClNO2S. The van der Waals surface area contributed by atoms with Gasteiger partial charge in [0.15, 0.2) is 0 Å². The van der Waals surface area contributed by atoms with Gasteiger partial charge in [0.25, 0.3) is 0 Å². The van der Waals surface area contributed by atoms with Crippen LogP contribution >= 0.6 is 24.2 Å². The van der Waals surface area contributed by atoms with Crippen molar-refractivity contribution in [1.82, 2.24) is 4.98 Å². The van der Waals surface area contributed by atoms with Crippen molar-refractivity contribution >= 4 is 36.8 Å². The van der Waals surface area contributed by atoms with Crippen LogP contribution in [0.15, 0.2) is 12.3 Å². The smallest absolute Gasteiger partial charge is 0.423 e. The Hall–Kier alpha value is -0.225. The third-order valence-electron chi connectivity index (χ3n) is 1.33. The Morgan fingerprint density at radius 2 is 2.00 bits per heavy atom. The monoisotopic (exact) mass is 219 g/mol. The van der Waals surface area contributed by atoms with E-state index in [1.54, 1.807) is 19.2 Å². The Morgan fingerprint density at radius 3 is 2.38 bits per heavy atom. The van der Waals surface area contributed by atoms with Gasteiger partial charge in [-0.2, -0.15) is 12.6 Å². The lowest BCUT2D eigenvalue weighted by Gasteiger charge is -2.00. The Labute approximate surface area is 88.3 Å². The lowest BCUT2D eigenvalue weighted by Crippen LogP contribution is -2.30. The zero-order valence-corrected chi connectivity index (χ0v) is 9.05. The number of thiol groups is 1. The van der Waals surface area contributed by atoms with Crippen molar-refractivity contribution in [2.24, 2.45) is 0 Å². The van der Waals surface area contributed by atoms with Crippen LogP contribution in [0.4, 0.5) is 0 Å². The first-order valence-electron chi connectivity index (χ1n) is 3.54. The second-order valence-corrected chi connectivity index (χ2v) is 2.61. The minimum absolute atomic E-state index is 0.354. The molecule has 3 nitrogen and oxygen atoms in total. The first kappa shape index (κ1) is 12.8. The van der Waals surface area contributed by atoms with Crippen LogP contribution < -0.4 is 5.46 Å². The number of halogens is 1. The SMILES string of the molecule is CS.Cc1cc(B(O)O)cnc1Cl. The highest BCUT2D eigenvalue weighted by atomic mass is 35.5. The lowest BCUT2D eigenvalue weighted by molar-refractivity contribution is 0.425. The van der Waals surface area contributed by atoms with Gasteiger partial charge in [-0.25, -0.2) is 4.98 Å². The molecule has 0 unspecified atom stereocenters. The van der Waals surface area contributed by atoms with Crippen molar-refractivity contribution in [3.8, 4) is 0 Å². The molecule has 1 aromatic heterocycles. The molecule has 1 heterocycles. The van der Waals surface area contributed by atoms with E-state index in [2.05, 4.69) is 17.6 Å². The predicted molar refractivity (Wildman–Crippen MR) is 58.7 cm³/mol. The Morgan fingerprint density at radius 1 is 1.46 bits per heavy atom. The normalized spacial score (nSPS) is 8.77. The molecule has 0 aromatic carbocycles. The summed E-state index contributed by atoms with van der Waals surface area (Å²) >= 11 is 9.14. The van der Waals surface area contributed by atoms with Crippen LogP contribution in [0.2, 0.25) is 5.15 Å². The minimum Gasteiger partial charge on any atom is -0.423 e. The number of hydrogen-bond acceptors (Lipinski definition) is 4. The van der Waals surface area contributed by atoms with Gasteiger partial charge in [-0.15, -0.1) is 0 Å². The molecule has 0 fully saturated rings. The predicted octanol–water partition coefficient (Wildman–Crippen LogP) is 0.269. The summed E-state index contributed by atoms with van der Waals surface area (Å²) < 4.78 is 0. The molecule has 72 valence electrons. The molecule has 0 saturated heterocycles. The molecular weight excluding hydrogens is 208 g/mol. The number of aryl methyl sites for hydroxylation is 1. The Bertz CT molecular complexity index is 273. The van der Waals surface area contributed by atoms with Crippen LogP contribution in [0.25, 0.3) is 0 Å². The first-order valence-corrected chi connectivity index (χ1v) is 4.81. The molecule has 1 aromatic rings. The summed E-state index contributed by atoms with van der Waals surface area (Å²) in [6, 6.07) is 1.58. The van der Waals surface area contributed by atoms with E-state index in [0.29, 0.717) is 10.6 Å². The summed E-state index contributed by atoms with van der Waals surface area (Å²) in [5.74, 6) is 0. The van der Waals surface area contributed by atoms with Crippen molar-refractivity contribution in [2.45, 2.75) is 6.92 Å². The van der Waals surface area contributed by atoms with Crippen LogP contribution in [-0.4, -0.2) is 28.4 Å². The Kier molecular flexibility index (Phi) is 6.15. The van der Waals surface area contributed by atoms with Crippen molar-refractivity contribution in [3.63, 3.8) is 0 Å². The molecule has 0 atom stereocenters. The van der Waals surface area contributed by atoms with E-state index in [1.807, 2.05) is 0 Å². The Balaban J connectivity index is 0.000000671. The molecule has 0 spiro atoms. The van der Waals surface area contributed by atoms with Gasteiger partial charge in [0, 0.05) is 11.7 Å². The number of aromatic nitrogens is 1. The summed E-state index contributed by atoms with van der Waals surface area (Å²) in [6.07, 6.45) is 3.03. The minimum atomic E-state index is -1.47. The van der Waals surface area contributed by atoms with Gasteiger partial charge in [-0.1, -0.05) is 17.7 Å². The zero-order valence-electron chi connectivity index (χ0n) is 7.40. The summed E-state index contributed by atoms with van der Waals surface area (Å²) in [7, 11) is -1.47. The zero-order chi connectivity index (χ0) is 10.4. The number of rotatable bonds is 1. The topological polar surface area (TPSA) is 53.4 Å². The largest absolute Gasteiger partial charge is 0.490 e. The van der Waals surface area contributed by atoms with Crippen molar-refractivity contribution < 1.29 is 10.0 Å². The summed E-state index contributed by atoms with van der Waals surface area (Å²) in [5.41, 5.74) is 1.09. The van der Waals surface area contributed by atoms with Gasteiger partial charge in [0.05, 0.1) is 0 Å². The van der Waals surface area contributed by atoms with Gasteiger partial charge in [-0.3, -0.25) is 0 Å². The van der Waals surface area contributed by atoms with Crippen LogP contribution in [0, 0.1) is 6.92 Å². The molecule has 0 saturated carbocycles. The fourth-order valence-electron chi connectivity index (χ4n) is 0.721. The second kappa shape index (κ2) is 6.26. The van der Waals surface area contributed by atoms with Crippen LogP contribution in [0.5, 0.6) is 0 Å². The van der Waals surface area contributed by atoms with Crippen molar-refractivity contribution in [2.75, 3.05) is 6.26 Å². The van der Waals surface area contributed by atoms with Crippen LogP contribution in [0.1, 0.15) is 5.56 Å². The maximum Gasteiger partial charge on any atom is 0.490 e. The highest BCUT2D eigenvalue weighted by molar-refractivity contribution is 7.79. The first-order chi connectivity index (χ1) is 6.11. The maximum absolute atomic E-state index is 8.71. The second-order valence-electron chi connectivity index (χ2n) is 2.25. The molecule has 6 heteroatoms. The average Bonchev–Trinajstić information content (AvgIpc) is 2.13. The number of pyridine rings is 1. The molecule has 0 aliphatic carbocycles. The van der Waals surface area contributed by atoms with Crippen molar-refractivity contribution in [1.29, 1.82) is 0 Å². The van der Waals surface area contributed by atoms with Crippen molar-refractivity contribution in [3.05, 3.63) is 23.0 Å². The molecule has 2 N–H and O–H groups in total. The quantitative estimate of drug-likeness (QED) is 0.361. The van der Waals surface area contributed by atoms with E-state index in [9.17, 15) is 0 Å². The van der Waals surface area contributed by atoms with Gasteiger partial charge in [0.2, 0.25) is 0 Å². The van der Waals surface area contributed by atoms with Gasteiger partial charge >= 0.3 is 7.12 Å². The standard InChI is InChI=1S/C6H7BClNO2.CH4S/c1-4-2-5(7(10)11)3-9-6(4)8;1-2/h2-3,10-11H,1H3;2H,1H3. The van der Waals surface area contributed by atoms with Gasteiger partial charge in [0.1, 0.15) is 5.15 Å². The lowest BCUT2D eigenvalue weighted by atomic mass is 9.81. The van der Waals surface area contributed by atoms with E-state index in [4.69, 9.17) is 21.6 Å². The average molecular weight is 220 g/mol. The highest BCUT2D eigenvalue weighted by Gasteiger charge is 2.11. The third kappa shape index (κ3) is 4.00. The summed E-state index contributed by atoms with van der Waals surface area (Å²) in [5, 5.41) is 17.8. The molecule has 1 rings (SSSR count). The highest BCUT2D eigenvalue weighted by Crippen LogP contribution is 2.07. The molecule has 0 radical (unpaired) electrons. The number of hydrogen-bond donors (Lipinski definition) is 3. The van der Waals surface area contributed by atoms with Crippen LogP contribution in [-0.2, 0) is 0 Å². The molecule has 0 aliphatic heterocycles. The van der Waals surface area contributed by atoms with Crippen LogP contribution in [0.3, 0.4) is 0 Å². The summed E-state index contributed by atoms with van der Waals surface area (Å²) in [4.78, 5) is 3.75. The third-order valence-corrected chi connectivity index (χ3v) is 1.73. The maximum atomic E-state index is 8.71. The molecule has 0 amide bonds. The van der Waals surface area contributed by atoms with E-state index in [-0.39, 0.29) is 0 Å². The molecule has 0 bridgehead atoms. The van der Waals surface area contributed by atoms with E-state index in [1.165, 1.54) is 6.20 Å². The van der Waals surface area contributed by atoms with E-state index in [0.717, 1.165) is 5.56 Å². The molecule has 13 heavy (non-hydrogen) atoms.